The fraction of sp³-hybridized carbons (Fsp3) is 0.465. The van der Waals surface area contributed by atoms with Gasteiger partial charge in [-0.1, -0.05) is 96.1 Å². The molecule has 1 saturated heterocycles. The minimum absolute atomic E-state index is 0.00142. The van der Waals surface area contributed by atoms with E-state index in [4.69, 9.17) is 33.1 Å². The quantitative estimate of drug-likeness (QED) is 0.0567. The molecule has 0 spiro atoms. The zero-order chi connectivity index (χ0) is 40.2. The van der Waals surface area contributed by atoms with Crippen LogP contribution in [0.5, 0.6) is 11.5 Å². The summed E-state index contributed by atoms with van der Waals surface area (Å²) < 4.78 is 40.3. The normalized spacial score (nSPS) is 19.0. The van der Waals surface area contributed by atoms with Crippen LogP contribution in [0.1, 0.15) is 64.5 Å². The van der Waals surface area contributed by atoms with Crippen LogP contribution in [0.3, 0.4) is 0 Å². The Morgan fingerprint density at radius 1 is 0.786 bits per heavy atom. The lowest BCUT2D eigenvalue weighted by molar-refractivity contribution is -0.114. The van der Waals surface area contributed by atoms with Crippen LogP contribution in [-0.4, -0.2) is 93.0 Å². The van der Waals surface area contributed by atoms with Crippen LogP contribution in [0.2, 0.25) is 16.6 Å². The van der Waals surface area contributed by atoms with Crippen LogP contribution in [0.15, 0.2) is 91.5 Å². The molecule has 56 heavy (non-hydrogen) atoms. The van der Waals surface area contributed by atoms with Crippen molar-refractivity contribution in [2.75, 3.05) is 46.6 Å². The molecule has 0 saturated carbocycles. The van der Waals surface area contributed by atoms with Crippen LogP contribution in [0, 0.1) is 0 Å². The van der Waals surface area contributed by atoms with Crippen molar-refractivity contribution in [3.63, 3.8) is 0 Å². The molecule has 12 nitrogen and oxygen atoms in total. The van der Waals surface area contributed by atoms with Crippen molar-refractivity contribution in [2.24, 2.45) is 0 Å². The van der Waals surface area contributed by atoms with Crippen molar-refractivity contribution in [3.8, 4) is 11.5 Å². The summed E-state index contributed by atoms with van der Waals surface area (Å²) in [5.41, 5.74) is 3.74. The first-order chi connectivity index (χ1) is 26.9. The van der Waals surface area contributed by atoms with E-state index in [1.807, 2.05) is 102 Å². The minimum atomic E-state index is -2.29. The first-order valence-electron chi connectivity index (χ1n) is 19.3. The van der Waals surface area contributed by atoms with E-state index >= 15 is 0 Å². The maximum absolute atomic E-state index is 12.3. The van der Waals surface area contributed by atoms with Gasteiger partial charge < -0.3 is 38.1 Å². The molecule has 300 valence electrons. The van der Waals surface area contributed by atoms with Crippen molar-refractivity contribution in [2.45, 2.75) is 88.3 Å². The Labute approximate surface area is 331 Å². The van der Waals surface area contributed by atoms with Crippen molar-refractivity contribution < 1.29 is 33.2 Å². The molecular formula is C43H57N5O7Si. The van der Waals surface area contributed by atoms with E-state index in [1.165, 1.54) is 6.33 Å². The molecular weight excluding hydrogens is 727 g/mol. The number of hydrogen-bond acceptors (Lipinski definition) is 11. The van der Waals surface area contributed by atoms with E-state index in [0.717, 1.165) is 28.2 Å². The highest BCUT2D eigenvalue weighted by Gasteiger charge is 2.50. The number of aliphatic hydroxyl groups is 1. The number of ether oxygens (including phenoxy) is 5. The molecule has 1 N–H and O–H groups in total. The summed E-state index contributed by atoms with van der Waals surface area (Å²) in [6.07, 6.45) is -0.401. The van der Waals surface area contributed by atoms with Gasteiger partial charge in [0.05, 0.1) is 27.2 Å². The Kier molecular flexibility index (Phi) is 12.8. The number of imidazole rings is 1. The molecule has 4 atom stereocenters. The average molecular weight is 784 g/mol. The van der Waals surface area contributed by atoms with Crippen molar-refractivity contribution in [1.29, 1.82) is 0 Å². The fourth-order valence-electron chi connectivity index (χ4n) is 8.61. The third kappa shape index (κ3) is 7.68. The van der Waals surface area contributed by atoms with Gasteiger partial charge >= 0.3 is 0 Å². The third-order valence-corrected chi connectivity index (χ3v) is 17.3. The van der Waals surface area contributed by atoms with Crippen LogP contribution < -0.4 is 14.4 Å². The molecule has 0 aliphatic carbocycles. The number of fused-ring (bicyclic) bond motifs is 1. The van der Waals surface area contributed by atoms with Crippen LogP contribution in [-0.2, 0) is 24.2 Å². The summed E-state index contributed by atoms with van der Waals surface area (Å²) in [7, 11) is 4.81. The number of anilines is 1. The van der Waals surface area contributed by atoms with Gasteiger partial charge in [-0.3, -0.25) is 4.57 Å². The predicted octanol–water partition coefficient (Wildman–Crippen LogP) is 7.71. The van der Waals surface area contributed by atoms with Crippen LogP contribution in [0.4, 0.5) is 5.82 Å². The van der Waals surface area contributed by atoms with Gasteiger partial charge in [-0.05, 0) is 57.6 Å². The van der Waals surface area contributed by atoms with Crippen molar-refractivity contribution in [1.82, 2.24) is 19.5 Å². The first kappa shape index (κ1) is 41.3. The Balaban J connectivity index is 1.40. The van der Waals surface area contributed by atoms with E-state index in [0.29, 0.717) is 33.6 Å². The molecule has 13 heteroatoms. The summed E-state index contributed by atoms with van der Waals surface area (Å²) in [4.78, 5) is 15.6. The van der Waals surface area contributed by atoms with Crippen molar-refractivity contribution >= 4 is 25.3 Å². The fourth-order valence-corrected chi connectivity index (χ4v) is 13.9. The van der Waals surface area contributed by atoms with Gasteiger partial charge in [0.15, 0.2) is 23.2 Å². The molecule has 1 aliphatic rings. The highest BCUT2D eigenvalue weighted by Crippen LogP contribution is 2.45. The zero-order valence-corrected chi connectivity index (χ0v) is 35.2. The second kappa shape index (κ2) is 17.4. The van der Waals surface area contributed by atoms with Crippen molar-refractivity contribution in [3.05, 3.63) is 108 Å². The molecule has 1 fully saturated rings. The second-order valence-corrected chi connectivity index (χ2v) is 21.0. The zero-order valence-electron chi connectivity index (χ0n) is 34.2. The molecule has 1 aliphatic heterocycles. The third-order valence-electron chi connectivity index (χ3n) is 11.3. The van der Waals surface area contributed by atoms with E-state index in [-0.39, 0.29) is 13.4 Å². The standard InChI is InChI=1S/C43H57N5O7Si/c1-28(2)56(29(3)4,30(5)6)54-27-52-39-38(49)36(55-42(39)48-26-46-37-40(47(7)8)44-25-45-41(37)48)24-53-43(31-14-12-11-13-15-31,32-16-20-34(50-9)21-17-32)33-18-22-35(51-10)23-19-33/h11-23,25-26,28-30,36,38-39,42,49H,24,27H2,1-10H3/t36-,38-,39-,42-/m1/s1. The number of rotatable bonds is 17. The number of aromatic nitrogens is 4. The molecule has 3 aromatic carbocycles. The minimum Gasteiger partial charge on any atom is -0.497 e. The van der Waals surface area contributed by atoms with E-state index in [9.17, 15) is 5.11 Å². The summed E-state index contributed by atoms with van der Waals surface area (Å²) in [6.45, 7) is 13.4. The summed E-state index contributed by atoms with van der Waals surface area (Å²) in [6, 6.07) is 25.7. The van der Waals surface area contributed by atoms with Crippen LogP contribution in [0.25, 0.3) is 11.2 Å². The number of aliphatic hydroxyl groups excluding tert-OH is 1. The highest BCUT2D eigenvalue weighted by atomic mass is 28.4. The molecule has 0 bridgehead atoms. The van der Waals surface area contributed by atoms with Gasteiger partial charge in [0, 0.05) is 14.1 Å². The Morgan fingerprint density at radius 2 is 1.34 bits per heavy atom. The number of benzene rings is 3. The molecule has 0 unspecified atom stereocenters. The Bertz CT molecular complexity index is 1940. The second-order valence-electron chi connectivity index (χ2n) is 15.5. The van der Waals surface area contributed by atoms with Gasteiger partial charge in [0.2, 0.25) is 8.32 Å². The Hall–Kier alpha value is -4.37. The highest BCUT2D eigenvalue weighted by molar-refractivity contribution is 6.77. The predicted molar refractivity (Wildman–Crippen MR) is 220 cm³/mol. The lowest BCUT2D eigenvalue weighted by atomic mass is 9.80. The van der Waals surface area contributed by atoms with Gasteiger partial charge in [-0.2, -0.15) is 0 Å². The van der Waals surface area contributed by atoms with Gasteiger partial charge in [-0.15, -0.1) is 0 Å². The molecule has 6 rings (SSSR count). The molecule has 5 aromatic rings. The Morgan fingerprint density at radius 3 is 1.86 bits per heavy atom. The number of methoxy groups -OCH3 is 2. The van der Waals surface area contributed by atoms with E-state index < -0.39 is 38.5 Å². The lowest BCUT2D eigenvalue weighted by Gasteiger charge is -2.42. The SMILES string of the molecule is COc1ccc(C(OC[C@H]2O[C@@H](n3cnc4c(N(C)C)ncnc43)[C@H](OCO[Si](C(C)C)(C(C)C)C(C)C)[C@@H]2O)(c2ccccc2)c2ccc(OC)cc2)cc1. The molecule has 0 radical (unpaired) electrons. The summed E-state index contributed by atoms with van der Waals surface area (Å²) in [5, 5.41) is 12.3. The summed E-state index contributed by atoms with van der Waals surface area (Å²) >= 11 is 0. The summed E-state index contributed by atoms with van der Waals surface area (Å²) in [5.74, 6) is 2.11. The topological polar surface area (TPSA) is 122 Å². The molecule has 2 aromatic heterocycles. The van der Waals surface area contributed by atoms with Gasteiger partial charge in [-0.25, -0.2) is 15.0 Å². The maximum atomic E-state index is 12.3. The lowest BCUT2D eigenvalue weighted by Crippen LogP contribution is -2.49. The van der Waals surface area contributed by atoms with Crippen LogP contribution >= 0.6 is 0 Å². The van der Waals surface area contributed by atoms with E-state index in [1.54, 1.807) is 20.5 Å². The monoisotopic (exact) mass is 783 g/mol. The molecule has 0 amide bonds. The van der Waals surface area contributed by atoms with Gasteiger partial charge in [0.25, 0.3) is 0 Å². The van der Waals surface area contributed by atoms with E-state index in [2.05, 4.69) is 51.5 Å². The average Bonchev–Trinajstić information content (AvgIpc) is 3.77. The first-order valence-corrected chi connectivity index (χ1v) is 21.4. The maximum Gasteiger partial charge on any atom is 0.203 e. The number of nitrogens with zero attached hydrogens (tertiary/aromatic N) is 5. The smallest absolute Gasteiger partial charge is 0.203 e. The van der Waals surface area contributed by atoms with Gasteiger partial charge in [0.1, 0.15) is 48.5 Å². The largest absolute Gasteiger partial charge is 0.497 e. The molecule has 3 heterocycles. The number of hydrogen-bond donors (Lipinski definition) is 1.